The van der Waals surface area contributed by atoms with Gasteiger partial charge in [0.2, 0.25) is 10.0 Å². The highest BCUT2D eigenvalue weighted by Gasteiger charge is 2.47. The molecule has 0 saturated carbocycles. The summed E-state index contributed by atoms with van der Waals surface area (Å²) in [6, 6.07) is 5.09. The van der Waals surface area contributed by atoms with Crippen LogP contribution in [0.5, 0.6) is 5.75 Å². The number of nitrogens with zero attached hydrogens (tertiary/aromatic N) is 4. The Kier molecular flexibility index (Phi) is 6.58. The van der Waals surface area contributed by atoms with Crippen molar-refractivity contribution in [2.45, 2.75) is 50.2 Å². The summed E-state index contributed by atoms with van der Waals surface area (Å²) >= 11 is 2.12. The first kappa shape index (κ1) is 25.5. The van der Waals surface area contributed by atoms with Crippen LogP contribution in [-0.2, 0) is 23.6 Å². The standard InChI is InChI=1S/C24H30IN5O5S/c1-5-9-29-22-19(25)20(26-21(22)23(31)28(4)24(29)32)17-11-16(7-8-18(17)35-6-2)36(33,34)30-13-14-10-15(30)12-27(14)3/h7-8,11,14-15,26H,5-6,9-10,12-13H2,1-4H3/t14-,15-/m0/s1. The molecule has 2 bridgehead atoms. The van der Waals surface area contributed by atoms with Gasteiger partial charge in [-0.25, -0.2) is 13.2 Å². The first-order valence-corrected chi connectivity index (χ1v) is 14.6. The predicted molar refractivity (Wildman–Crippen MR) is 146 cm³/mol. The molecule has 2 aliphatic rings. The lowest BCUT2D eigenvalue weighted by molar-refractivity contribution is 0.216. The Bertz CT molecular complexity index is 1570. The number of piperazine rings is 1. The van der Waals surface area contributed by atoms with Gasteiger partial charge in [-0.15, -0.1) is 0 Å². The van der Waals surface area contributed by atoms with Crippen LogP contribution in [0.25, 0.3) is 22.3 Å². The number of halogens is 1. The van der Waals surface area contributed by atoms with Crippen LogP contribution in [0.15, 0.2) is 32.7 Å². The topological polar surface area (TPSA) is 110 Å². The lowest BCUT2D eigenvalue weighted by Gasteiger charge is -2.31. The average molecular weight is 628 g/mol. The van der Waals surface area contributed by atoms with E-state index in [1.165, 1.54) is 7.05 Å². The maximum Gasteiger partial charge on any atom is 0.331 e. The summed E-state index contributed by atoms with van der Waals surface area (Å²) in [7, 11) is -0.229. The van der Waals surface area contributed by atoms with E-state index in [0.29, 0.717) is 51.3 Å². The molecule has 0 spiro atoms. The van der Waals surface area contributed by atoms with E-state index in [-0.39, 0.29) is 22.7 Å². The van der Waals surface area contributed by atoms with Crippen molar-refractivity contribution in [3.8, 4) is 17.0 Å². The molecule has 10 nitrogen and oxygen atoms in total. The molecule has 2 aromatic heterocycles. The number of sulfonamides is 1. The molecular formula is C24H30IN5O5S. The first-order valence-electron chi connectivity index (χ1n) is 12.1. The highest BCUT2D eigenvalue weighted by atomic mass is 127. The summed E-state index contributed by atoms with van der Waals surface area (Å²) in [4.78, 5) is 31.5. The molecular weight excluding hydrogens is 597 g/mol. The smallest absolute Gasteiger partial charge is 0.331 e. The van der Waals surface area contributed by atoms with Crippen LogP contribution in [0, 0.1) is 3.57 Å². The number of benzene rings is 1. The molecule has 0 unspecified atom stereocenters. The Morgan fingerprint density at radius 3 is 2.50 bits per heavy atom. The molecule has 12 heteroatoms. The Morgan fingerprint density at radius 2 is 1.89 bits per heavy atom. The van der Waals surface area contributed by atoms with E-state index in [9.17, 15) is 18.0 Å². The number of ether oxygens (including phenoxy) is 1. The molecule has 194 valence electrons. The summed E-state index contributed by atoms with van der Waals surface area (Å²) in [5.74, 6) is 0.504. The van der Waals surface area contributed by atoms with Crippen LogP contribution in [0.1, 0.15) is 26.7 Å². The van der Waals surface area contributed by atoms with Crippen molar-refractivity contribution < 1.29 is 13.2 Å². The van der Waals surface area contributed by atoms with Gasteiger partial charge in [-0.3, -0.25) is 13.9 Å². The van der Waals surface area contributed by atoms with Gasteiger partial charge in [0.05, 0.1) is 26.3 Å². The maximum absolute atomic E-state index is 13.7. The van der Waals surface area contributed by atoms with Crippen molar-refractivity contribution in [2.75, 3.05) is 26.7 Å². The molecule has 2 aliphatic heterocycles. The number of nitrogens with one attached hydrogen (secondary N) is 1. The molecule has 2 fully saturated rings. The summed E-state index contributed by atoms with van der Waals surface area (Å²) in [6.07, 6.45) is 1.56. The van der Waals surface area contributed by atoms with Crippen LogP contribution in [0.3, 0.4) is 0 Å². The summed E-state index contributed by atoms with van der Waals surface area (Å²) < 4.78 is 38.2. The molecule has 4 heterocycles. The molecule has 2 atom stereocenters. The molecule has 36 heavy (non-hydrogen) atoms. The van der Waals surface area contributed by atoms with Crippen LogP contribution in [0.2, 0.25) is 0 Å². The zero-order valence-corrected chi connectivity index (χ0v) is 23.7. The Morgan fingerprint density at radius 1 is 1.14 bits per heavy atom. The van der Waals surface area contributed by atoms with E-state index in [1.54, 1.807) is 27.1 Å². The number of aromatic nitrogens is 3. The van der Waals surface area contributed by atoms with E-state index < -0.39 is 15.6 Å². The zero-order chi connectivity index (χ0) is 25.9. The Balaban J connectivity index is 1.70. The van der Waals surface area contributed by atoms with Gasteiger partial charge in [0.25, 0.3) is 5.56 Å². The van der Waals surface area contributed by atoms with Crippen LogP contribution in [-0.4, -0.2) is 70.6 Å². The third-order valence-corrected chi connectivity index (χ3v) is 10.2. The summed E-state index contributed by atoms with van der Waals surface area (Å²) in [5, 5.41) is 0. The van der Waals surface area contributed by atoms with Crippen LogP contribution < -0.4 is 16.0 Å². The minimum Gasteiger partial charge on any atom is -0.493 e. The second-order valence-electron chi connectivity index (χ2n) is 9.48. The van der Waals surface area contributed by atoms with E-state index in [4.69, 9.17) is 4.74 Å². The number of hydrogen-bond donors (Lipinski definition) is 1. The fourth-order valence-electron chi connectivity index (χ4n) is 5.43. The molecule has 0 aliphatic carbocycles. The van der Waals surface area contributed by atoms with Gasteiger partial charge in [0.1, 0.15) is 11.3 Å². The fourth-order valence-corrected chi connectivity index (χ4v) is 8.11. The lowest BCUT2D eigenvalue weighted by Crippen LogP contribution is -2.47. The number of likely N-dealkylation sites (tertiary alicyclic amines) is 1. The largest absolute Gasteiger partial charge is 0.493 e. The lowest BCUT2D eigenvalue weighted by atomic mass is 10.1. The second-order valence-corrected chi connectivity index (χ2v) is 12.5. The number of aryl methyl sites for hydroxylation is 1. The molecule has 0 amide bonds. The van der Waals surface area contributed by atoms with Crippen LogP contribution >= 0.6 is 22.6 Å². The molecule has 2 saturated heterocycles. The number of rotatable bonds is 7. The fraction of sp³-hybridized carbons (Fsp3) is 0.500. The molecule has 1 aromatic carbocycles. The Hall–Kier alpha value is -2.16. The van der Waals surface area contributed by atoms with E-state index in [1.807, 2.05) is 20.9 Å². The van der Waals surface area contributed by atoms with Gasteiger partial charge in [-0.2, -0.15) is 4.31 Å². The number of aromatic amines is 1. The minimum absolute atomic E-state index is 0.0280. The van der Waals surface area contributed by atoms with Crippen molar-refractivity contribution in [3.63, 3.8) is 0 Å². The predicted octanol–water partition coefficient (Wildman–Crippen LogP) is 2.19. The molecule has 3 aromatic rings. The van der Waals surface area contributed by atoms with Gasteiger partial charge in [-0.05, 0) is 67.6 Å². The number of H-pyrrole nitrogens is 1. The number of hydrogen-bond acceptors (Lipinski definition) is 6. The van der Waals surface area contributed by atoms with Crippen molar-refractivity contribution in [2.24, 2.45) is 7.05 Å². The zero-order valence-electron chi connectivity index (χ0n) is 20.7. The molecule has 5 rings (SSSR count). The third-order valence-electron chi connectivity index (χ3n) is 7.26. The SMILES string of the molecule is CCCn1c(=O)n(C)c(=O)c2[nH]c(-c3cc(S(=O)(=O)N4C[C@@H]5C[C@H]4CN5C)ccc3OCC)c(I)c21. The second kappa shape index (κ2) is 9.30. The summed E-state index contributed by atoms with van der Waals surface area (Å²) in [6.45, 7) is 5.88. The van der Waals surface area contributed by atoms with E-state index >= 15 is 0 Å². The molecule has 1 N–H and O–H groups in total. The van der Waals surface area contributed by atoms with Crippen molar-refractivity contribution in [1.82, 2.24) is 23.3 Å². The van der Waals surface area contributed by atoms with Gasteiger partial charge < -0.3 is 14.6 Å². The quantitative estimate of drug-likeness (QED) is 0.403. The third kappa shape index (κ3) is 3.84. The maximum atomic E-state index is 13.7. The average Bonchev–Trinajstić information content (AvgIpc) is 3.53. The van der Waals surface area contributed by atoms with Gasteiger partial charge in [0, 0.05) is 44.3 Å². The highest BCUT2D eigenvalue weighted by molar-refractivity contribution is 14.1. The monoisotopic (exact) mass is 627 g/mol. The minimum atomic E-state index is -3.72. The highest BCUT2D eigenvalue weighted by Crippen LogP contribution is 2.39. The number of likely N-dealkylation sites (N-methyl/N-ethyl adjacent to an activating group) is 1. The van der Waals surface area contributed by atoms with E-state index in [2.05, 4.69) is 32.5 Å². The van der Waals surface area contributed by atoms with Crippen molar-refractivity contribution >= 4 is 43.6 Å². The van der Waals surface area contributed by atoms with E-state index in [0.717, 1.165) is 24.0 Å². The van der Waals surface area contributed by atoms with Crippen molar-refractivity contribution in [1.29, 1.82) is 0 Å². The van der Waals surface area contributed by atoms with Gasteiger partial charge in [-0.1, -0.05) is 6.92 Å². The van der Waals surface area contributed by atoms with Gasteiger partial charge >= 0.3 is 5.69 Å². The normalized spacial score (nSPS) is 20.6. The number of fused-ring (bicyclic) bond motifs is 3. The first-order chi connectivity index (χ1) is 17.1. The van der Waals surface area contributed by atoms with Gasteiger partial charge in [0.15, 0.2) is 0 Å². The van der Waals surface area contributed by atoms with Crippen molar-refractivity contribution in [3.05, 3.63) is 42.6 Å². The van der Waals surface area contributed by atoms with Crippen LogP contribution in [0.4, 0.5) is 0 Å². The Labute approximate surface area is 223 Å². The molecule has 0 radical (unpaired) electrons. The summed E-state index contributed by atoms with van der Waals surface area (Å²) in [5.41, 5.74) is 1.12.